The fourth-order valence-electron chi connectivity index (χ4n) is 4.72. The van der Waals surface area contributed by atoms with Gasteiger partial charge in [0.2, 0.25) is 0 Å². The van der Waals surface area contributed by atoms with E-state index in [2.05, 4.69) is 25.8 Å². The number of hydrogen-bond acceptors (Lipinski definition) is 6. The van der Waals surface area contributed by atoms with Gasteiger partial charge in [-0.25, -0.2) is 4.98 Å². The summed E-state index contributed by atoms with van der Waals surface area (Å²) in [5.41, 5.74) is 1.30. The summed E-state index contributed by atoms with van der Waals surface area (Å²) in [6.45, 7) is 6.88. The minimum atomic E-state index is 0.129. The van der Waals surface area contributed by atoms with Crippen molar-refractivity contribution in [2.24, 2.45) is 0 Å². The summed E-state index contributed by atoms with van der Waals surface area (Å²) >= 11 is 3.42. The van der Waals surface area contributed by atoms with Gasteiger partial charge in [-0.3, -0.25) is 9.36 Å². The van der Waals surface area contributed by atoms with E-state index in [1.54, 1.807) is 23.1 Å². The number of thiophene rings is 1. The second-order valence-corrected chi connectivity index (χ2v) is 10.6. The summed E-state index contributed by atoms with van der Waals surface area (Å²) in [7, 11) is 2.24. The number of aryl methyl sites for hydroxylation is 2. The smallest absolute Gasteiger partial charge is 0.263 e. The number of piperidine rings is 1. The third-order valence-corrected chi connectivity index (χ3v) is 8.50. The van der Waals surface area contributed by atoms with Crippen molar-refractivity contribution in [1.29, 1.82) is 0 Å². The molecule has 0 bridgehead atoms. The largest absolute Gasteiger partial charge is 0.376 e. The van der Waals surface area contributed by atoms with Crippen molar-refractivity contribution in [3.8, 4) is 0 Å². The van der Waals surface area contributed by atoms with Crippen LogP contribution < -0.4 is 5.56 Å². The van der Waals surface area contributed by atoms with Crippen LogP contribution in [-0.4, -0.2) is 52.5 Å². The van der Waals surface area contributed by atoms with Crippen molar-refractivity contribution in [3.05, 3.63) is 20.8 Å². The van der Waals surface area contributed by atoms with Gasteiger partial charge in [-0.05, 0) is 64.6 Å². The fourth-order valence-corrected chi connectivity index (χ4v) is 6.92. The maximum Gasteiger partial charge on any atom is 0.263 e. The van der Waals surface area contributed by atoms with E-state index < -0.39 is 0 Å². The minimum Gasteiger partial charge on any atom is -0.376 e. The van der Waals surface area contributed by atoms with Gasteiger partial charge in [0, 0.05) is 23.3 Å². The van der Waals surface area contributed by atoms with Crippen LogP contribution in [0.1, 0.15) is 55.9 Å². The highest BCUT2D eigenvalue weighted by Crippen LogP contribution is 2.31. The average Bonchev–Trinajstić information content (AvgIpc) is 3.33. The van der Waals surface area contributed by atoms with Crippen molar-refractivity contribution < 1.29 is 4.74 Å². The van der Waals surface area contributed by atoms with Gasteiger partial charge in [-0.15, -0.1) is 11.3 Å². The molecule has 0 amide bonds. The second kappa shape index (κ2) is 9.50. The number of likely N-dealkylation sites (tertiary alicyclic amines) is 1. The number of rotatable bonds is 7. The molecule has 0 radical (unpaired) electrons. The molecule has 4 heterocycles. The van der Waals surface area contributed by atoms with E-state index in [-0.39, 0.29) is 11.7 Å². The molecule has 2 unspecified atom stereocenters. The zero-order valence-electron chi connectivity index (χ0n) is 17.9. The molecule has 29 heavy (non-hydrogen) atoms. The first-order valence-electron chi connectivity index (χ1n) is 11.1. The first kappa shape index (κ1) is 21.3. The number of fused-ring (bicyclic) bond motifs is 1. The lowest BCUT2D eigenvalue weighted by Gasteiger charge is -2.32. The van der Waals surface area contributed by atoms with Crippen LogP contribution in [0.2, 0.25) is 0 Å². The van der Waals surface area contributed by atoms with E-state index in [1.165, 1.54) is 36.2 Å². The van der Waals surface area contributed by atoms with Crippen molar-refractivity contribution in [1.82, 2.24) is 14.5 Å². The molecule has 0 aliphatic carbocycles. The van der Waals surface area contributed by atoms with E-state index in [9.17, 15) is 4.79 Å². The number of aromatic nitrogens is 2. The lowest BCUT2D eigenvalue weighted by atomic mass is 10.0. The lowest BCUT2D eigenvalue weighted by Crippen LogP contribution is -2.36. The van der Waals surface area contributed by atoms with Gasteiger partial charge in [0.05, 0.1) is 18.0 Å². The number of ether oxygens (including phenoxy) is 1. The minimum absolute atomic E-state index is 0.129. The predicted molar refractivity (Wildman–Crippen MR) is 123 cm³/mol. The van der Waals surface area contributed by atoms with Gasteiger partial charge in [0.25, 0.3) is 5.56 Å². The molecule has 0 spiro atoms. The van der Waals surface area contributed by atoms with E-state index in [0.29, 0.717) is 12.6 Å². The summed E-state index contributed by atoms with van der Waals surface area (Å²) in [6, 6.07) is 0.661. The lowest BCUT2D eigenvalue weighted by molar-refractivity contribution is 0.0937. The molecule has 7 heteroatoms. The number of hydrogen-bond donors (Lipinski definition) is 0. The Morgan fingerprint density at radius 1 is 1.28 bits per heavy atom. The fraction of sp³-hybridized carbons (Fsp3) is 0.727. The summed E-state index contributed by atoms with van der Waals surface area (Å²) < 4.78 is 7.77. The van der Waals surface area contributed by atoms with Crippen LogP contribution in [0.5, 0.6) is 0 Å². The zero-order valence-corrected chi connectivity index (χ0v) is 19.5. The van der Waals surface area contributed by atoms with Crippen molar-refractivity contribution in [2.45, 2.75) is 82.6 Å². The van der Waals surface area contributed by atoms with E-state index in [1.807, 2.05) is 4.57 Å². The van der Waals surface area contributed by atoms with Gasteiger partial charge in [-0.1, -0.05) is 25.1 Å². The van der Waals surface area contributed by atoms with E-state index in [0.717, 1.165) is 53.4 Å². The Kier molecular flexibility index (Phi) is 6.99. The number of thioether (sulfide) groups is 1. The van der Waals surface area contributed by atoms with Gasteiger partial charge < -0.3 is 9.64 Å². The molecule has 160 valence electrons. The van der Waals surface area contributed by atoms with Gasteiger partial charge in [0.1, 0.15) is 4.83 Å². The molecule has 2 fully saturated rings. The first-order chi connectivity index (χ1) is 14.1. The molecule has 5 nitrogen and oxygen atoms in total. The van der Waals surface area contributed by atoms with E-state index in [4.69, 9.17) is 9.72 Å². The molecule has 0 aromatic carbocycles. The SMILES string of the molecule is CCc1c(C)sc2nc(SCCC3CCCCN3C)n(CC3CCCO3)c(=O)c12. The Bertz CT molecular complexity index is 902. The van der Waals surface area contributed by atoms with E-state index >= 15 is 0 Å². The molecular weight excluding hydrogens is 402 g/mol. The first-order valence-corrected chi connectivity index (χ1v) is 12.9. The van der Waals surface area contributed by atoms with Crippen LogP contribution in [-0.2, 0) is 17.7 Å². The Morgan fingerprint density at radius 2 is 2.14 bits per heavy atom. The van der Waals surface area contributed by atoms with Crippen LogP contribution in [0.4, 0.5) is 0 Å². The predicted octanol–water partition coefficient (Wildman–Crippen LogP) is 4.47. The van der Waals surface area contributed by atoms with Crippen LogP contribution in [0.15, 0.2) is 9.95 Å². The monoisotopic (exact) mass is 435 g/mol. The molecule has 2 saturated heterocycles. The Labute approximate surface area is 181 Å². The third kappa shape index (κ3) is 4.58. The molecule has 0 N–H and O–H groups in total. The molecule has 2 aromatic rings. The molecular formula is C22H33N3O2S2. The van der Waals surface area contributed by atoms with Crippen molar-refractivity contribution in [2.75, 3.05) is 26.0 Å². The molecule has 2 atom stereocenters. The average molecular weight is 436 g/mol. The quantitative estimate of drug-likeness (QED) is 0.474. The molecule has 2 aliphatic heterocycles. The van der Waals surface area contributed by atoms with Crippen molar-refractivity contribution >= 4 is 33.3 Å². The normalized spacial score (nSPS) is 23.3. The van der Waals surface area contributed by atoms with Crippen molar-refractivity contribution in [3.63, 3.8) is 0 Å². The highest BCUT2D eigenvalue weighted by atomic mass is 32.2. The highest BCUT2D eigenvalue weighted by molar-refractivity contribution is 7.99. The van der Waals surface area contributed by atoms with Crippen LogP contribution >= 0.6 is 23.1 Å². The zero-order chi connectivity index (χ0) is 20.4. The summed E-state index contributed by atoms with van der Waals surface area (Å²) in [6.07, 6.45) is 8.23. The molecule has 2 aromatic heterocycles. The standard InChI is InChI=1S/C22H33N3O2S2/c1-4-18-15(2)29-20-19(18)21(26)25(14-17-9-7-12-27-17)22(23-20)28-13-10-16-8-5-6-11-24(16)3/h16-17H,4-14H2,1-3H3. The van der Waals surface area contributed by atoms with Crippen LogP contribution in [0.3, 0.4) is 0 Å². The third-order valence-electron chi connectivity index (χ3n) is 6.45. The summed E-state index contributed by atoms with van der Waals surface area (Å²) in [5.74, 6) is 1.00. The topological polar surface area (TPSA) is 47.4 Å². The maximum atomic E-state index is 13.5. The Morgan fingerprint density at radius 3 is 2.86 bits per heavy atom. The van der Waals surface area contributed by atoms with Crippen LogP contribution in [0, 0.1) is 6.92 Å². The Hall–Kier alpha value is -0.890. The van der Waals surface area contributed by atoms with Crippen LogP contribution in [0.25, 0.3) is 10.2 Å². The second-order valence-electron chi connectivity index (χ2n) is 8.38. The van der Waals surface area contributed by atoms with Gasteiger partial charge in [0.15, 0.2) is 5.16 Å². The summed E-state index contributed by atoms with van der Waals surface area (Å²) in [5, 5.41) is 1.71. The molecule has 0 saturated carbocycles. The maximum absolute atomic E-state index is 13.5. The van der Waals surface area contributed by atoms with Gasteiger partial charge in [-0.2, -0.15) is 0 Å². The molecule has 2 aliphatic rings. The molecule has 4 rings (SSSR count). The highest BCUT2D eigenvalue weighted by Gasteiger charge is 2.23. The number of nitrogens with zero attached hydrogens (tertiary/aromatic N) is 3. The van der Waals surface area contributed by atoms with Gasteiger partial charge >= 0.3 is 0 Å². The summed E-state index contributed by atoms with van der Waals surface area (Å²) in [4.78, 5) is 23.1. The Balaban J connectivity index is 1.60.